The highest BCUT2D eigenvalue weighted by atomic mass is 35.5. The van der Waals surface area contributed by atoms with Crippen LogP contribution in [0.25, 0.3) is 11.2 Å². The number of urea groups is 1. The zero-order chi connectivity index (χ0) is 36.3. The summed E-state index contributed by atoms with van der Waals surface area (Å²) in [5.74, 6) is 1.59. The number of carbonyl (C=O) groups excluding carboxylic acids is 1. The number of nitrogens with one attached hydrogen (secondary N) is 3. The average molecular weight is 752 g/mol. The normalized spacial score (nSPS) is 21.0. The first-order valence-electron chi connectivity index (χ1n) is 17.9. The summed E-state index contributed by atoms with van der Waals surface area (Å²) in [7, 11) is 0. The number of amides is 2. The van der Waals surface area contributed by atoms with Crippen LogP contribution >= 0.6 is 12.4 Å². The molecule has 0 radical (unpaired) electrons. The molecule has 1 saturated heterocycles. The van der Waals surface area contributed by atoms with E-state index >= 15 is 0 Å². The van der Waals surface area contributed by atoms with Gasteiger partial charge in [-0.2, -0.15) is 14.8 Å². The molecule has 1 saturated carbocycles. The topological polar surface area (TPSA) is 197 Å². The number of halogens is 1. The molecular weight excluding hydrogens is 710 g/mol. The Morgan fingerprint density at radius 1 is 0.944 bits per heavy atom. The van der Waals surface area contributed by atoms with Gasteiger partial charge < -0.3 is 35.6 Å². The molecule has 2 amide bonds. The number of anilines is 3. The van der Waals surface area contributed by atoms with Gasteiger partial charge in [-0.3, -0.25) is 4.98 Å². The largest absolute Gasteiger partial charge is 0.388 e. The highest BCUT2D eigenvalue weighted by Crippen LogP contribution is 2.40. The molecule has 0 spiro atoms. The van der Waals surface area contributed by atoms with E-state index < -0.39 is 24.3 Å². The first-order valence-corrected chi connectivity index (χ1v) is 17.9. The Labute approximate surface area is 317 Å². The Bertz CT molecular complexity index is 2110. The van der Waals surface area contributed by atoms with E-state index in [0.717, 1.165) is 11.1 Å². The number of hydrogen-bond acceptors (Lipinski definition) is 12. The van der Waals surface area contributed by atoms with E-state index in [1.54, 1.807) is 30.9 Å². The molecule has 2 aromatic carbocycles. The number of aliphatic hydroxyl groups excluding tert-OH is 2. The van der Waals surface area contributed by atoms with Crippen LogP contribution in [0, 0.1) is 0 Å². The van der Waals surface area contributed by atoms with Crippen molar-refractivity contribution in [2.45, 2.75) is 62.4 Å². The summed E-state index contributed by atoms with van der Waals surface area (Å²) in [5, 5.41) is 44.7. The number of tetrazole rings is 1. The van der Waals surface area contributed by atoms with Crippen LogP contribution in [0.5, 0.6) is 0 Å². The highest BCUT2D eigenvalue weighted by Gasteiger charge is 2.45. The molecule has 5 N–H and O–H groups in total. The number of aromatic nitrogens is 9. The molecule has 1 unspecified atom stereocenters. The number of carbonyl (C=O) groups is 1. The lowest BCUT2D eigenvalue weighted by Crippen LogP contribution is -2.40. The number of hydrogen-bond donors (Lipinski definition) is 5. The Kier molecular flexibility index (Phi) is 10.9. The van der Waals surface area contributed by atoms with Gasteiger partial charge in [0.1, 0.15) is 18.2 Å². The summed E-state index contributed by atoms with van der Waals surface area (Å²) in [6.07, 6.45) is 4.26. The minimum Gasteiger partial charge on any atom is -0.388 e. The molecule has 2 fully saturated rings. The summed E-state index contributed by atoms with van der Waals surface area (Å²) in [6, 6.07) is 22.5. The number of pyridine rings is 1. The van der Waals surface area contributed by atoms with Crippen LogP contribution < -0.4 is 20.9 Å². The van der Waals surface area contributed by atoms with Crippen molar-refractivity contribution in [3.63, 3.8) is 0 Å². The maximum atomic E-state index is 12.8. The number of aryl methyl sites for hydroxylation is 1. The molecule has 1 aliphatic heterocycles. The summed E-state index contributed by atoms with van der Waals surface area (Å²) in [5.41, 5.74) is 4.02. The predicted octanol–water partition coefficient (Wildman–Crippen LogP) is 3.74. The van der Waals surface area contributed by atoms with Crippen LogP contribution in [0.15, 0.2) is 91.5 Å². The molecule has 0 bridgehead atoms. The van der Waals surface area contributed by atoms with Crippen molar-refractivity contribution >= 4 is 47.1 Å². The van der Waals surface area contributed by atoms with E-state index in [0.29, 0.717) is 73.3 Å². The molecule has 6 aromatic rings. The van der Waals surface area contributed by atoms with Crippen LogP contribution in [0.3, 0.4) is 0 Å². The smallest absolute Gasteiger partial charge is 0.319 e. The molecule has 280 valence electrons. The van der Waals surface area contributed by atoms with Gasteiger partial charge in [0, 0.05) is 56.1 Å². The van der Waals surface area contributed by atoms with Gasteiger partial charge in [-0.15, -0.1) is 22.6 Å². The van der Waals surface area contributed by atoms with Crippen molar-refractivity contribution in [1.29, 1.82) is 0 Å². The number of nitrogens with zero attached hydrogens (tertiary/aromatic N) is 10. The van der Waals surface area contributed by atoms with E-state index in [-0.39, 0.29) is 30.4 Å². The summed E-state index contributed by atoms with van der Waals surface area (Å²) in [4.78, 5) is 35.1. The minimum atomic E-state index is -1.14. The third-order valence-corrected chi connectivity index (χ3v) is 10.1. The zero-order valence-electron chi connectivity index (χ0n) is 29.6. The van der Waals surface area contributed by atoms with Gasteiger partial charge in [-0.1, -0.05) is 67.6 Å². The highest BCUT2D eigenvalue weighted by molar-refractivity contribution is 5.89. The van der Waals surface area contributed by atoms with Crippen LogP contribution in [0.1, 0.15) is 54.7 Å². The van der Waals surface area contributed by atoms with Crippen LogP contribution in [0.2, 0.25) is 0 Å². The second kappa shape index (κ2) is 16.1. The van der Waals surface area contributed by atoms with Crippen LogP contribution in [-0.4, -0.2) is 98.8 Å². The first-order chi connectivity index (χ1) is 25.9. The van der Waals surface area contributed by atoms with Gasteiger partial charge in [0.2, 0.25) is 5.95 Å². The second-order valence-electron chi connectivity index (χ2n) is 13.4. The Hall–Kier alpha value is -5.71. The van der Waals surface area contributed by atoms with Gasteiger partial charge in [0.25, 0.3) is 0 Å². The van der Waals surface area contributed by atoms with Crippen LogP contribution in [0.4, 0.5) is 22.2 Å². The number of fused-ring (bicyclic) bond motifs is 1. The summed E-state index contributed by atoms with van der Waals surface area (Å²) in [6.45, 7) is 3.56. The molecule has 8 rings (SSSR count). The fourth-order valence-electron chi connectivity index (χ4n) is 7.29. The number of aliphatic hydroxyl groups is 2. The monoisotopic (exact) mass is 751 g/mol. The van der Waals surface area contributed by atoms with Crippen molar-refractivity contribution < 1.29 is 15.0 Å². The maximum absolute atomic E-state index is 12.8. The fraction of sp³-hybridized carbons (Fsp3) is 0.351. The van der Waals surface area contributed by atoms with Crippen molar-refractivity contribution in [2.75, 3.05) is 35.2 Å². The molecule has 2 aliphatic rings. The number of benzene rings is 2. The number of imidazole rings is 1. The lowest BCUT2D eigenvalue weighted by atomic mass is 9.91. The van der Waals surface area contributed by atoms with E-state index in [2.05, 4.69) is 60.6 Å². The van der Waals surface area contributed by atoms with Crippen molar-refractivity contribution in [1.82, 2.24) is 50.0 Å². The van der Waals surface area contributed by atoms with Gasteiger partial charge >= 0.3 is 6.03 Å². The maximum Gasteiger partial charge on any atom is 0.319 e. The zero-order valence-corrected chi connectivity index (χ0v) is 30.4. The van der Waals surface area contributed by atoms with Gasteiger partial charge in [-0.25, -0.2) is 9.78 Å². The van der Waals surface area contributed by atoms with Crippen molar-refractivity contribution in [3.05, 3.63) is 108 Å². The van der Waals surface area contributed by atoms with Gasteiger partial charge in [0.15, 0.2) is 22.8 Å². The lowest BCUT2D eigenvalue weighted by molar-refractivity contribution is 0.00473. The van der Waals surface area contributed by atoms with Gasteiger partial charge in [0.05, 0.1) is 12.4 Å². The average Bonchev–Trinajstić information content (AvgIpc) is 4.00. The van der Waals surface area contributed by atoms with Crippen molar-refractivity contribution in [2.24, 2.45) is 0 Å². The summed E-state index contributed by atoms with van der Waals surface area (Å²) < 4.78 is 1.82. The standard InChI is InChI=1S/C37H41N13O3.ClH/c1-2-30-45-47-50(46-30)29-19-28(32(51)33(29)52)49-22-40-31-34(39-20-27(23-9-5-3-6-10-23)24-11-7-4-8-12-24)43-36(44-35(31)49)48-18-15-26(21-48)42-37(53)41-25-13-16-38-17-14-25;/h3-14,16-17,22,26-29,32-33,51-52H,2,15,18-21H2,1H3,(H,39,43,44)(H2,38,41,42,53);1H/t26?,28-,29+,32+,33-;/m1./s1. The molecule has 5 heterocycles. The third kappa shape index (κ3) is 7.53. The predicted molar refractivity (Wildman–Crippen MR) is 205 cm³/mol. The number of rotatable bonds is 11. The van der Waals surface area contributed by atoms with E-state index in [9.17, 15) is 15.0 Å². The Balaban J connectivity index is 0.00000450. The SMILES string of the molecule is CCc1nnn([C@H]2C[C@@H](n3cnc4c(NCC(c5ccccc5)c5ccccc5)nc(N5CCC(NC(=O)Nc6ccncc6)C5)nc43)[C@H](O)[C@@H]2O)n1.Cl. The van der Waals surface area contributed by atoms with E-state index in [1.807, 2.05) is 52.8 Å². The molecule has 1 aliphatic carbocycles. The molecule has 54 heavy (non-hydrogen) atoms. The molecular formula is C37H42ClN13O3. The van der Waals surface area contributed by atoms with Crippen molar-refractivity contribution in [3.8, 4) is 0 Å². The van der Waals surface area contributed by atoms with E-state index in [4.69, 9.17) is 15.0 Å². The molecule has 5 atom stereocenters. The molecule has 4 aromatic heterocycles. The fourth-order valence-corrected chi connectivity index (χ4v) is 7.29. The third-order valence-electron chi connectivity index (χ3n) is 10.1. The molecule has 17 heteroatoms. The Morgan fingerprint density at radius 3 is 2.33 bits per heavy atom. The van der Waals surface area contributed by atoms with Gasteiger partial charge in [-0.05, 0) is 41.3 Å². The quantitative estimate of drug-likeness (QED) is 0.129. The minimum absolute atomic E-state index is 0. The first kappa shape index (κ1) is 36.6. The lowest BCUT2D eigenvalue weighted by Gasteiger charge is -2.22. The summed E-state index contributed by atoms with van der Waals surface area (Å²) >= 11 is 0. The molecule has 16 nitrogen and oxygen atoms in total. The van der Waals surface area contributed by atoms with E-state index in [1.165, 1.54) is 4.80 Å². The Morgan fingerprint density at radius 2 is 1.65 bits per heavy atom. The second-order valence-corrected chi connectivity index (χ2v) is 13.4. The van der Waals surface area contributed by atoms with Crippen LogP contribution in [-0.2, 0) is 6.42 Å².